The first-order valence-electron chi connectivity index (χ1n) is 7.09. The van der Waals surface area contributed by atoms with Crippen LogP contribution in [0, 0.1) is 28.6 Å². The Labute approximate surface area is 98.9 Å². The van der Waals surface area contributed by atoms with E-state index in [9.17, 15) is 0 Å². The number of hydrogen-bond acceptors (Lipinski definition) is 1. The first-order valence-corrected chi connectivity index (χ1v) is 7.09. The van der Waals surface area contributed by atoms with Crippen molar-refractivity contribution in [3.63, 3.8) is 0 Å². The molecule has 0 aromatic heterocycles. The molecule has 0 amide bonds. The maximum Gasteiger partial charge on any atom is 0.0954 e. The van der Waals surface area contributed by atoms with Gasteiger partial charge in [-0.05, 0) is 61.2 Å². The van der Waals surface area contributed by atoms with Crippen molar-refractivity contribution < 1.29 is 4.74 Å². The monoisotopic (exact) mass is 220 g/mol. The molecule has 1 aliphatic heterocycles. The Hall–Kier alpha value is -0.0400. The minimum absolute atomic E-state index is 0.263. The van der Waals surface area contributed by atoms with Crippen molar-refractivity contribution in [3.8, 4) is 0 Å². The lowest BCUT2D eigenvalue weighted by molar-refractivity contribution is 0.0866. The fraction of sp³-hybridized carbons (Fsp3) is 1.00. The molecule has 1 heterocycles. The van der Waals surface area contributed by atoms with E-state index in [1.807, 2.05) is 0 Å². The van der Waals surface area contributed by atoms with E-state index in [2.05, 4.69) is 27.7 Å². The number of fused-ring (bicyclic) bond motifs is 3. The average Bonchev–Trinajstić information content (AvgIpc) is 2.67. The summed E-state index contributed by atoms with van der Waals surface area (Å²) >= 11 is 0. The normalized spacial score (nSPS) is 65.2. The molecule has 6 atom stereocenters. The third kappa shape index (κ3) is 0.805. The Morgan fingerprint density at radius 1 is 1.00 bits per heavy atom. The summed E-state index contributed by atoms with van der Waals surface area (Å²) in [5, 5.41) is 0. The van der Waals surface area contributed by atoms with Gasteiger partial charge < -0.3 is 4.74 Å². The van der Waals surface area contributed by atoms with Gasteiger partial charge in [0.15, 0.2) is 0 Å². The first kappa shape index (κ1) is 9.94. The second kappa shape index (κ2) is 2.39. The van der Waals surface area contributed by atoms with Crippen LogP contribution in [0.25, 0.3) is 0 Å². The molecule has 4 rings (SSSR count). The molecule has 0 radical (unpaired) electrons. The number of hydrogen-bond donors (Lipinski definition) is 0. The number of rotatable bonds is 0. The van der Waals surface area contributed by atoms with Gasteiger partial charge in [-0.25, -0.2) is 0 Å². The highest BCUT2D eigenvalue weighted by Crippen LogP contribution is 2.77. The maximum absolute atomic E-state index is 6.09. The topological polar surface area (TPSA) is 12.5 Å². The molecule has 0 aromatic rings. The van der Waals surface area contributed by atoms with Crippen molar-refractivity contribution in [1.82, 2.24) is 0 Å². The molecular formula is C15H24O. The van der Waals surface area contributed by atoms with Gasteiger partial charge >= 0.3 is 0 Å². The standard InChI is InChI=1S/C15H24O/c1-9-5-6-10-13(2,3)11-7-15(9,10)8-12-14(11,4)16-12/h9-12H,5-8H2,1-4H3/t9-,10+,11+,12+,14+,15+/m1/s1. The van der Waals surface area contributed by atoms with E-state index in [-0.39, 0.29) is 5.60 Å². The Morgan fingerprint density at radius 2 is 1.75 bits per heavy atom. The number of ether oxygens (including phenoxy) is 1. The fourth-order valence-electron chi connectivity index (χ4n) is 6.21. The summed E-state index contributed by atoms with van der Waals surface area (Å²) in [5.41, 5.74) is 1.44. The van der Waals surface area contributed by atoms with Crippen molar-refractivity contribution in [2.45, 2.75) is 65.1 Å². The van der Waals surface area contributed by atoms with Gasteiger partial charge in [-0.3, -0.25) is 0 Å². The summed E-state index contributed by atoms with van der Waals surface area (Å²) in [4.78, 5) is 0. The van der Waals surface area contributed by atoms with Crippen LogP contribution in [0.5, 0.6) is 0 Å². The smallest absolute Gasteiger partial charge is 0.0954 e. The van der Waals surface area contributed by atoms with E-state index in [0.29, 0.717) is 16.9 Å². The van der Waals surface area contributed by atoms with Gasteiger partial charge in [0.05, 0.1) is 11.7 Å². The van der Waals surface area contributed by atoms with E-state index in [4.69, 9.17) is 4.74 Å². The van der Waals surface area contributed by atoms with Crippen LogP contribution in [0.1, 0.15) is 53.4 Å². The quantitative estimate of drug-likeness (QED) is 0.568. The minimum Gasteiger partial charge on any atom is -0.366 e. The third-order valence-electron chi connectivity index (χ3n) is 7.18. The van der Waals surface area contributed by atoms with Crippen molar-refractivity contribution in [1.29, 1.82) is 0 Å². The summed E-state index contributed by atoms with van der Waals surface area (Å²) in [6.45, 7) is 9.93. The summed E-state index contributed by atoms with van der Waals surface area (Å²) in [7, 11) is 0. The summed E-state index contributed by atoms with van der Waals surface area (Å²) < 4.78 is 6.09. The van der Waals surface area contributed by atoms with Crippen LogP contribution in [-0.4, -0.2) is 11.7 Å². The van der Waals surface area contributed by atoms with Gasteiger partial charge in [0.1, 0.15) is 0 Å². The molecule has 4 fully saturated rings. The Balaban J connectivity index is 1.85. The van der Waals surface area contributed by atoms with Gasteiger partial charge in [-0.2, -0.15) is 0 Å². The van der Waals surface area contributed by atoms with Crippen LogP contribution in [0.4, 0.5) is 0 Å². The van der Waals surface area contributed by atoms with Crippen molar-refractivity contribution in [3.05, 3.63) is 0 Å². The van der Waals surface area contributed by atoms with Crippen LogP contribution in [0.15, 0.2) is 0 Å². The fourth-order valence-corrected chi connectivity index (χ4v) is 6.21. The van der Waals surface area contributed by atoms with Gasteiger partial charge in [-0.1, -0.05) is 20.8 Å². The van der Waals surface area contributed by atoms with Gasteiger partial charge in [0.25, 0.3) is 0 Å². The highest BCUT2D eigenvalue weighted by atomic mass is 16.6. The Kier molecular flexibility index (Phi) is 1.48. The van der Waals surface area contributed by atoms with E-state index in [0.717, 1.165) is 17.8 Å². The van der Waals surface area contributed by atoms with E-state index in [1.54, 1.807) is 0 Å². The highest BCUT2D eigenvalue weighted by molar-refractivity contribution is 5.24. The second-order valence-electron chi connectivity index (χ2n) is 7.84. The lowest BCUT2D eigenvalue weighted by Crippen LogP contribution is -2.36. The molecule has 2 bridgehead atoms. The first-order chi connectivity index (χ1) is 7.41. The van der Waals surface area contributed by atoms with Gasteiger partial charge in [0, 0.05) is 0 Å². The number of epoxide rings is 1. The zero-order chi connectivity index (χ0) is 11.3. The van der Waals surface area contributed by atoms with Gasteiger partial charge in [-0.15, -0.1) is 0 Å². The predicted octanol–water partition coefficient (Wildman–Crippen LogP) is 3.63. The van der Waals surface area contributed by atoms with E-state index >= 15 is 0 Å². The predicted molar refractivity (Wildman–Crippen MR) is 64.1 cm³/mol. The molecule has 3 aliphatic carbocycles. The zero-order valence-electron chi connectivity index (χ0n) is 11.0. The Morgan fingerprint density at radius 3 is 2.50 bits per heavy atom. The van der Waals surface area contributed by atoms with E-state index in [1.165, 1.54) is 25.7 Å². The molecular weight excluding hydrogens is 196 g/mol. The average molecular weight is 220 g/mol. The molecule has 1 heteroatoms. The SMILES string of the molecule is C[C@@H]1CC[C@H]2C(C)(C)[C@@H]3C[C@]12C[C@@H]1O[C@]13C. The van der Waals surface area contributed by atoms with Crippen molar-refractivity contribution in [2.24, 2.45) is 28.6 Å². The maximum atomic E-state index is 6.09. The summed E-state index contributed by atoms with van der Waals surface area (Å²) in [6.07, 6.45) is 6.38. The van der Waals surface area contributed by atoms with Crippen molar-refractivity contribution >= 4 is 0 Å². The summed E-state index contributed by atoms with van der Waals surface area (Å²) in [5.74, 6) is 2.75. The molecule has 1 nitrogen and oxygen atoms in total. The summed E-state index contributed by atoms with van der Waals surface area (Å²) in [6, 6.07) is 0. The Bertz CT molecular complexity index is 356. The molecule has 0 N–H and O–H groups in total. The highest BCUT2D eigenvalue weighted by Gasteiger charge is 2.76. The molecule has 3 saturated carbocycles. The largest absolute Gasteiger partial charge is 0.366 e. The molecule has 1 saturated heterocycles. The van der Waals surface area contributed by atoms with Crippen molar-refractivity contribution in [2.75, 3.05) is 0 Å². The van der Waals surface area contributed by atoms with Crippen LogP contribution in [0.3, 0.4) is 0 Å². The molecule has 1 spiro atoms. The van der Waals surface area contributed by atoms with Crippen LogP contribution >= 0.6 is 0 Å². The minimum atomic E-state index is 0.263. The molecule has 4 aliphatic rings. The van der Waals surface area contributed by atoms with Crippen LogP contribution in [0.2, 0.25) is 0 Å². The van der Waals surface area contributed by atoms with E-state index < -0.39 is 0 Å². The lowest BCUT2D eigenvalue weighted by Gasteiger charge is -2.37. The van der Waals surface area contributed by atoms with Gasteiger partial charge in [0.2, 0.25) is 0 Å². The lowest BCUT2D eigenvalue weighted by atomic mass is 9.66. The zero-order valence-corrected chi connectivity index (χ0v) is 11.0. The third-order valence-corrected chi connectivity index (χ3v) is 7.18. The van der Waals surface area contributed by atoms with Crippen LogP contribution < -0.4 is 0 Å². The molecule has 0 aromatic carbocycles. The second-order valence-corrected chi connectivity index (χ2v) is 7.84. The van der Waals surface area contributed by atoms with Crippen LogP contribution in [-0.2, 0) is 4.74 Å². The molecule has 90 valence electrons. The molecule has 16 heavy (non-hydrogen) atoms. The molecule has 0 unspecified atom stereocenters.